The van der Waals surface area contributed by atoms with Crippen molar-refractivity contribution in [3.8, 4) is 5.75 Å². The molecule has 0 spiro atoms. The van der Waals surface area contributed by atoms with Gasteiger partial charge in [0.25, 0.3) is 5.91 Å². The third kappa shape index (κ3) is 2.76. The number of amides is 3. The van der Waals surface area contributed by atoms with Gasteiger partial charge in [0.05, 0.1) is 25.9 Å². The minimum absolute atomic E-state index is 0.215. The Morgan fingerprint density at radius 1 is 1.14 bits per heavy atom. The summed E-state index contributed by atoms with van der Waals surface area (Å²) in [5, 5.41) is 0. The van der Waals surface area contributed by atoms with E-state index >= 15 is 0 Å². The van der Waals surface area contributed by atoms with E-state index in [1.165, 1.54) is 9.80 Å². The number of allylic oxidation sites excluding steroid dienone is 2. The normalized spacial score (nSPS) is 23.7. The zero-order chi connectivity index (χ0) is 20.9. The number of nitrogens with zero attached hydrogens (tertiary/aromatic N) is 5. The average molecular weight is 399 g/mol. The highest BCUT2D eigenvalue weighted by Gasteiger charge is 2.55. The van der Waals surface area contributed by atoms with Crippen molar-refractivity contribution in [2.75, 3.05) is 39.3 Å². The SMILES string of the molecule is COCCN1C(=O)C2C(N=C3N(c4cccc(OC)c4)C(C)=C(C)N32)N(C)C1=O. The molecule has 2 unspecified atom stereocenters. The fourth-order valence-corrected chi connectivity index (χ4v) is 4.06. The molecule has 9 heteroatoms. The van der Waals surface area contributed by atoms with Crippen LogP contribution in [-0.4, -0.2) is 79.2 Å². The molecule has 9 nitrogen and oxygen atoms in total. The third-order valence-corrected chi connectivity index (χ3v) is 5.72. The standard InChI is InChI=1S/C20H25N5O4/c1-12-13(2)25-16-17(22(3)20(27)23(18(16)26)9-10-28-4)21-19(25)24(12)14-7-6-8-15(11-14)29-5/h6-8,11,16-17H,9-10H2,1-5H3. The van der Waals surface area contributed by atoms with Gasteiger partial charge in [0, 0.05) is 31.6 Å². The van der Waals surface area contributed by atoms with Crippen molar-refractivity contribution in [2.24, 2.45) is 4.99 Å². The molecule has 2 atom stereocenters. The Balaban J connectivity index is 1.74. The number of urea groups is 1. The molecular weight excluding hydrogens is 374 g/mol. The van der Waals surface area contributed by atoms with Gasteiger partial charge in [0.2, 0.25) is 5.96 Å². The predicted molar refractivity (Wildman–Crippen MR) is 107 cm³/mol. The molecule has 3 aliphatic rings. The maximum atomic E-state index is 13.3. The second-order valence-corrected chi connectivity index (χ2v) is 7.24. The van der Waals surface area contributed by atoms with Crippen LogP contribution in [-0.2, 0) is 9.53 Å². The van der Waals surface area contributed by atoms with Crippen molar-refractivity contribution >= 4 is 23.6 Å². The number of fused-ring (bicyclic) bond motifs is 3. The number of hydrogen-bond acceptors (Lipinski definition) is 7. The van der Waals surface area contributed by atoms with Gasteiger partial charge >= 0.3 is 6.03 Å². The predicted octanol–water partition coefficient (Wildman–Crippen LogP) is 1.67. The number of ether oxygens (including phenoxy) is 2. The van der Waals surface area contributed by atoms with Gasteiger partial charge in [-0.2, -0.15) is 0 Å². The molecule has 3 heterocycles. The number of hydrogen-bond donors (Lipinski definition) is 0. The first kappa shape index (κ1) is 19.3. The van der Waals surface area contributed by atoms with Crippen molar-refractivity contribution in [2.45, 2.75) is 26.1 Å². The van der Waals surface area contributed by atoms with Gasteiger partial charge in [-0.3, -0.25) is 19.5 Å². The van der Waals surface area contributed by atoms with Gasteiger partial charge in [-0.05, 0) is 26.0 Å². The van der Waals surface area contributed by atoms with Crippen molar-refractivity contribution < 1.29 is 19.1 Å². The summed E-state index contributed by atoms with van der Waals surface area (Å²) in [6, 6.07) is 6.74. The zero-order valence-corrected chi connectivity index (χ0v) is 17.2. The number of rotatable bonds is 5. The minimum atomic E-state index is -0.588. The Bertz CT molecular complexity index is 927. The van der Waals surface area contributed by atoms with Gasteiger partial charge in [-0.1, -0.05) is 6.07 Å². The number of imide groups is 1. The van der Waals surface area contributed by atoms with Crippen LogP contribution in [0.5, 0.6) is 5.75 Å². The van der Waals surface area contributed by atoms with E-state index in [-0.39, 0.29) is 18.5 Å². The lowest BCUT2D eigenvalue weighted by molar-refractivity contribution is -0.137. The van der Waals surface area contributed by atoms with Crippen LogP contribution in [0.2, 0.25) is 0 Å². The number of methoxy groups -OCH3 is 2. The molecule has 4 rings (SSSR count). The molecule has 0 aromatic heterocycles. The van der Waals surface area contributed by atoms with Crippen LogP contribution in [0.25, 0.3) is 0 Å². The molecule has 0 N–H and O–H groups in total. The van der Waals surface area contributed by atoms with Crippen molar-refractivity contribution in [3.05, 3.63) is 35.7 Å². The Morgan fingerprint density at radius 3 is 2.59 bits per heavy atom. The molecule has 0 saturated carbocycles. The Kier molecular flexibility index (Phi) is 4.70. The summed E-state index contributed by atoms with van der Waals surface area (Å²) in [5.41, 5.74) is 2.80. The van der Waals surface area contributed by atoms with E-state index in [1.807, 2.05) is 47.9 Å². The monoisotopic (exact) mass is 399 g/mol. The Labute approximate surface area is 169 Å². The molecular formula is C20H25N5O4. The molecule has 29 heavy (non-hydrogen) atoms. The van der Waals surface area contributed by atoms with Crippen LogP contribution in [0.1, 0.15) is 13.8 Å². The average Bonchev–Trinajstić information content (AvgIpc) is 3.22. The summed E-state index contributed by atoms with van der Waals surface area (Å²) in [7, 11) is 4.85. The number of carbonyl (C=O) groups excluding carboxylic acids is 2. The molecule has 3 amide bonds. The van der Waals surface area contributed by atoms with Crippen molar-refractivity contribution in [1.82, 2.24) is 14.7 Å². The van der Waals surface area contributed by atoms with Gasteiger partial charge in [0.1, 0.15) is 5.75 Å². The van der Waals surface area contributed by atoms with E-state index in [9.17, 15) is 9.59 Å². The summed E-state index contributed by atoms with van der Waals surface area (Å²) >= 11 is 0. The molecule has 1 saturated heterocycles. The van der Waals surface area contributed by atoms with Gasteiger partial charge in [-0.15, -0.1) is 0 Å². The van der Waals surface area contributed by atoms with Gasteiger partial charge < -0.3 is 14.4 Å². The third-order valence-electron chi connectivity index (χ3n) is 5.72. The quantitative estimate of drug-likeness (QED) is 0.750. The van der Waals surface area contributed by atoms with Crippen molar-refractivity contribution in [1.29, 1.82) is 0 Å². The zero-order valence-electron chi connectivity index (χ0n) is 17.2. The maximum Gasteiger partial charge on any atom is 0.328 e. The lowest BCUT2D eigenvalue weighted by Gasteiger charge is -2.40. The second kappa shape index (κ2) is 7.07. The van der Waals surface area contributed by atoms with Gasteiger partial charge in [0.15, 0.2) is 12.2 Å². The van der Waals surface area contributed by atoms with Gasteiger partial charge in [-0.25, -0.2) is 9.79 Å². The summed E-state index contributed by atoms with van der Waals surface area (Å²) < 4.78 is 10.4. The van der Waals surface area contributed by atoms with E-state index in [4.69, 9.17) is 14.5 Å². The van der Waals surface area contributed by atoms with E-state index < -0.39 is 12.2 Å². The largest absolute Gasteiger partial charge is 0.497 e. The van der Waals surface area contributed by atoms with Crippen LogP contribution in [0, 0.1) is 0 Å². The van der Waals surface area contributed by atoms with Crippen LogP contribution in [0.4, 0.5) is 10.5 Å². The minimum Gasteiger partial charge on any atom is -0.497 e. The van der Waals surface area contributed by atoms with Crippen LogP contribution >= 0.6 is 0 Å². The first-order chi connectivity index (χ1) is 13.9. The molecule has 0 aliphatic carbocycles. The van der Waals surface area contributed by atoms with E-state index in [0.29, 0.717) is 12.6 Å². The molecule has 154 valence electrons. The summed E-state index contributed by atoms with van der Waals surface area (Å²) in [6.07, 6.45) is -0.569. The lowest BCUT2D eigenvalue weighted by Crippen LogP contribution is -2.65. The number of carbonyl (C=O) groups is 2. The molecule has 1 aromatic carbocycles. The number of likely N-dealkylation sites (N-methyl/N-ethyl adjacent to an activating group) is 1. The first-order valence-corrected chi connectivity index (χ1v) is 9.46. The van der Waals surface area contributed by atoms with E-state index in [0.717, 1.165) is 22.8 Å². The molecule has 1 fully saturated rings. The number of anilines is 1. The number of benzene rings is 1. The Morgan fingerprint density at radius 2 is 1.90 bits per heavy atom. The van der Waals surface area contributed by atoms with Crippen LogP contribution < -0.4 is 9.64 Å². The van der Waals surface area contributed by atoms with Crippen LogP contribution in [0.15, 0.2) is 40.7 Å². The highest BCUT2D eigenvalue weighted by atomic mass is 16.5. The lowest BCUT2D eigenvalue weighted by atomic mass is 10.1. The van der Waals surface area contributed by atoms with Crippen LogP contribution in [0.3, 0.4) is 0 Å². The first-order valence-electron chi connectivity index (χ1n) is 9.46. The molecule has 0 radical (unpaired) electrons. The second-order valence-electron chi connectivity index (χ2n) is 7.24. The van der Waals surface area contributed by atoms with E-state index in [1.54, 1.807) is 21.3 Å². The Hall–Kier alpha value is -3.07. The maximum absolute atomic E-state index is 13.3. The molecule has 1 aromatic rings. The molecule has 0 bridgehead atoms. The number of guanidine groups is 1. The highest BCUT2D eigenvalue weighted by Crippen LogP contribution is 2.40. The fraction of sp³-hybridized carbons (Fsp3) is 0.450. The van der Waals surface area contributed by atoms with Crippen molar-refractivity contribution in [3.63, 3.8) is 0 Å². The van der Waals surface area contributed by atoms with E-state index in [2.05, 4.69) is 0 Å². The topological polar surface area (TPSA) is 77.9 Å². The summed E-state index contributed by atoms with van der Waals surface area (Å²) in [4.78, 5) is 37.5. The number of aliphatic imine (C=N–C) groups is 1. The molecule has 3 aliphatic heterocycles. The summed E-state index contributed by atoms with van der Waals surface area (Å²) in [5.74, 6) is 1.12. The fourth-order valence-electron chi connectivity index (χ4n) is 4.06. The summed E-state index contributed by atoms with van der Waals surface area (Å²) in [6.45, 7) is 4.47. The smallest absolute Gasteiger partial charge is 0.328 e. The highest BCUT2D eigenvalue weighted by molar-refractivity contribution is 6.10.